The van der Waals surface area contributed by atoms with Gasteiger partial charge in [-0.05, 0) is 44.9 Å². The molecule has 0 saturated heterocycles. The van der Waals surface area contributed by atoms with Crippen molar-refractivity contribution in [2.75, 3.05) is 6.61 Å². The molecule has 0 aliphatic carbocycles. The summed E-state index contributed by atoms with van der Waals surface area (Å²) in [7, 11) is 0. The van der Waals surface area contributed by atoms with Crippen LogP contribution >= 0.6 is 0 Å². The monoisotopic (exact) mass is 902 g/mol. The molecule has 5 heteroatoms. The molecule has 0 aromatic carbocycles. The topological polar surface area (TPSA) is 89.8 Å². The number of hydrogen-bond acceptors (Lipinski definition) is 4. The second kappa shape index (κ2) is 54.4. The van der Waals surface area contributed by atoms with Crippen LogP contribution in [0.4, 0.5) is 0 Å². The van der Waals surface area contributed by atoms with E-state index in [1.54, 1.807) is 0 Å². The SMILES string of the molecule is CCCCCCCCCCCCCCC/C=C\C/C=C\CCCCCCCCCCCCCCCCCC(O)CC(=O)NC(CO)C(O)CCCCCCCCCCCCCCCC. The fourth-order valence-corrected chi connectivity index (χ4v) is 9.32. The van der Waals surface area contributed by atoms with E-state index in [4.69, 9.17) is 0 Å². The lowest BCUT2D eigenvalue weighted by Gasteiger charge is -2.23. The first kappa shape index (κ1) is 62.8. The summed E-state index contributed by atoms with van der Waals surface area (Å²) in [5.41, 5.74) is 0. The third-order valence-corrected chi connectivity index (χ3v) is 13.8. The van der Waals surface area contributed by atoms with Gasteiger partial charge in [0.15, 0.2) is 0 Å². The van der Waals surface area contributed by atoms with Crippen LogP contribution in [0.5, 0.6) is 0 Å². The number of nitrogens with one attached hydrogen (secondary N) is 1. The Hall–Kier alpha value is -1.17. The molecule has 0 radical (unpaired) electrons. The highest BCUT2D eigenvalue weighted by Gasteiger charge is 2.21. The number of carbonyl (C=O) groups is 1. The van der Waals surface area contributed by atoms with E-state index in [-0.39, 0.29) is 18.9 Å². The Morgan fingerprint density at radius 1 is 0.391 bits per heavy atom. The van der Waals surface area contributed by atoms with Gasteiger partial charge in [0, 0.05) is 0 Å². The van der Waals surface area contributed by atoms with Crippen LogP contribution in [0.1, 0.15) is 322 Å². The van der Waals surface area contributed by atoms with Crippen LogP contribution in [0.25, 0.3) is 0 Å². The zero-order valence-corrected chi connectivity index (χ0v) is 43.4. The highest BCUT2D eigenvalue weighted by molar-refractivity contribution is 5.76. The lowest BCUT2D eigenvalue weighted by atomic mass is 10.0. The van der Waals surface area contributed by atoms with Crippen molar-refractivity contribution in [3.8, 4) is 0 Å². The molecule has 0 aromatic rings. The maximum atomic E-state index is 12.5. The number of allylic oxidation sites excluding steroid dienone is 4. The third kappa shape index (κ3) is 50.2. The lowest BCUT2D eigenvalue weighted by Crippen LogP contribution is -2.46. The summed E-state index contributed by atoms with van der Waals surface area (Å²) in [5, 5.41) is 33.6. The Kier molecular flexibility index (Phi) is 53.4. The molecule has 0 aliphatic rings. The summed E-state index contributed by atoms with van der Waals surface area (Å²) in [6.07, 6.45) is 69.2. The van der Waals surface area contributed by atoms with Gasteiger partial charge in [0.1, 0.15) is 0 Å². The fraction of sp³-hybridized carbons (Fsp3) is 0.915. The van der Waals surface area contributed by atoms with Crippen molar-refractivity contribution in [1.29, 1.82) is 0 Å². The Labute approximate surface area is 401 Å². The van der Waals surface area contributed by atoms with Crippen LogP contribution in [-0.2, 0) is 4.79 Å². The number of amides is 1. The minimum atomic E-state index is -0.747. The molecule has 380 valence electrons. The molecule has 1 amide bonds. The van der Waals surface area contributed by atoms with E-state index >= 15 is 0 Å². The van der Waals surface area contributed by atoms with Crippen molar-refractivity contribution < 1.29 is 20.1 Å². The van der Waals surface area contributed by atoms with Crippen LogP contribution in [-0.4, -0.2) is 46.1 Å². The smallest absolute Gasteiger partial charge is 0.222 e. The summed E-state index contributed by atoms with van der Waals surface area (Å²) >= 11 is 0. The minimum Gasteiger partial charge on any atom is -0.394 e. The van der Waals surface area contributed by atoms with Gasteiger partial charge in [-0.25, -0.2) is 0 Å². The van der Waals surface area contributed by atoms with Gasteiger partial charge in [0.05, 0.1) is 31.3 Å². The maximum absolute atomic E-state index is 12.5. The second-order valence-electron chi connectivity index (χ2n) is 20.3. The largest absolute Gasteiger partial charge is 0.394 e. The number of aliphatic hydroxyl groups excluding tert-OH is 3. The van der Waals surface area contributed by atoms with E-state index in [1.165, 1.54) is 257 Å². The molecule has 3 unspecified atom stereocenters. The van der Waals surface area contributed by atoms with Gasteiger partial charge >= 0.3 is 0 Å². The first-order valence-electron chi connectivity index (χ1n) is 29.1. The first-order valence-corrected chi connectivity index (χ1v) is 29.1. The van der Waals surface area contributed by atoms with E-state index in [0.717, 1.165) is 32.1 Å². The molecular weight excluding hydrogens is 787 g/mol. The van der Waals surface area contributed by atoms with Crippen molar-refractivity contribution in [1.82, 2.24) is 5.32 Å². The zero-order chi connectivity index (χ0) is 46.5. The summed E-state index contributed by atoms with van der Waals surface area (Å²) in [6.45, 7) is 4.29. The number of aliphatic hydroxyl groups is 3. The highest BCUT2D eigenvalue weighted by atomic mass is 16.3. The van der Waals surface area contributed by atoms with E-state index < -0.39 is 18.2 Å². The summed E-state index contributed by atoms with van der Waals surface area (Å²) in [4.78, 5) is 12.5. The molecule has 4 N–H and O–H groups in total. The number of rotatable bonds is 54. The number of unbranched alkanes of at least 4 members (excludes halogenated alkanes) is 41. The van der Waals surface area contributed by atoms with Crippen molar-refractivity contribution >= 4 is 5.91 Å². The fourth-order valence-electron chi connectivity index (χ4n) is 9.32. The Balaban J connectivity index is 3.47. The van der Waals surface area contributed by atoms with Crippen molar-refractivity contribution in [3.05, 3.63) is 24.3 Å². The molecular formula is C59H115NO4. The van der Waals surface area contributed by atoms with Gasteiger partial charge in [-0.2, -0.15) is 0 Å². The standard InChI is InChI=1S/C59H115NO4/c1-3-5-7-9-11-13-15-17-19-20-21-22-23-24-25-26-27-28-29-30-31-32-33-34-35-36-37-38-39-40-42-44-46-48-50-52-56(62)54-59(64)60-57(55-61)58(63)53-51-49-47-45-43-41-18-16-14-12-10-8-6-4-2/h25-26,28-29,56-58,61-63H,3-24,27,30-55H2,1-2H3,(H,60,64)/b26-25-,29-28-. The lowest BCUT2D eigenvalue weighted by molar-refractivity contribution is -0.125. The molecule has 0 fully saturated rings. The minimum absolute atomic E-state index is 0.0392. The summed E-state index contributed by atoms with van der Waals surface area (Å²) in [5.74, 6) is -0.279. The van der Waals surface area contributed by atoms with Crippen LogP contribution < -0.4 is 5.32 Å². The van der Waals surface area contributed by atoms with E-state index in [2.05, 4.69) is 43.5 Å². The second-order valence-corrected chi connectivity index (χ2v) is 20.3. The van der Waals surface area contributed by atoms with Crippen LogP contribution in [0.15, 0.2) is 24.3 Å². The number of carbonyl (C=O) groups excluding carboxylic acids is 1. The van der Waals surface area contributed by atoms with Gasteiger partial charge in [-0.15, -0.1) is 0 Å². The average Bonchev–Trinajstić information content (AvgIpc) is 3.29. The Morgan fingerprint density at radius 3 is 0.984 bits per heavy atom. The molecule has 5 nitrogen and oxygen atoms in total. The molecule has 0 aromatic heterocycles. The van der Waals surface area contributed by atoms with Gasteiger partial charge in [0.25, 0.3) is 0 Å². The zero-order valence-electron chi connectivity index (χ0n) is 43.4. The first-order chi connectivity index (χ1) is 31.5. The molecule has 0 bridgehead atoms. The van der Waals surface area contributed by atoms with Crippen molar-refractivity contribution in [2.24, 2.45) is 0 Å². The molecule has 0 rings (SSSR count). The van der Waals surface area contributed by atoms with Gasteiger partial charge in [-0.3, -0.25) is 4.79 Å². The molecule has 0 heterocycles. The van der Waals surface area contributed by atoms with Crippen LogP contribution in [0, 0.1) is 0 Å². The quantitative estimate of drug-likeness (QED) is 0.0362. The van der Waals surface area contributed by atoms with E-state index in [9.17, 15) is 20.1 Å². The molecule has 0 aliphatic heterocycles. The third-order valence-electron chi connectivity index (χ3n) is 13.8. The number of hydrogen-bond donors (Lipinski definition) is 4. The Morgan fingerprint density at radius 2 is 0.672 bits per heavy atom. The van der Waals surface area contributed by atoms with Crippen molar-refractivity contribution in [2.45, 2.75) is 340 Å². The Bertz CT molecular complexity index is 951. The normalized spacial score (nSPS) is 13.4. The highest BCUT2D eigenvalue weighted by Crippen LogP contribution is 2.18. The van der Waals surface area contributed by atoms with Crippen LogP contribution in [0.3, 0.4) is 0 Å². The molecule has 0 spiro atoms. The molecule has 64 heavy (non-hydrogen) atoms. The van der Waals surface area contributed by atoms with Crippen molar-refractivity contribution in [3.63, 3.8) is 0 Å². The molecule has 3 atom stereocenters. The predicted molar refractivity (Wildman–Crippen MR) is 282 cm³/mol. The predicted octanol–water partition coefficient (Wildman–Crippen LogP) is 18.1. The van der Waals surface area contributed by atoms with Gasteiger partial charge in [-0.1, -0.05) is 295 Å². The molecule has 0 saturated carbocycles. The summed E-state index contributed by atoms with van der Waals surface area (Å²) in [6, 6.07) is -0.656. The van der Waals surface area contributed by atoms with Gasteiger partial charge < -0.3 is 20.6 Å². The summed E-state index contributed by atoms with van der Waals surface area (Å²) < 4.78 is 0. The maximum Gasteiger partial charge on any atom is 0.222 e. The average molecular weight is 903 g/mol. The van der Waals surface area contributed by atoms with E-state index in [1.807, 2.05) is 0 Å². The van der Waals surface area contributed by atoms with E-state index in [0.29, 0.717) is 12.8 Å². The van der Waals surface area contributed by atoms with Crippen LogP contribution in [0.2, 0.25) is 0 Å². The van der Waals surface area contributed by atoms with Gasteiger partial charge in [0.2, 0.25) is 5.91 Å².